The Balaban J connectivity index is 1.11. The van der Waals surface area contributed by atoms with Crippen molar-refractivity contribution in [2.75, 3.05) is 4.90 Å². The minimum absolute atomic E-state index is 0.0887. The zero-order chi connectivity index (χ0) is 36.7. The van der Waals surface area contributed by atoms with E-state index in [9.17, 15) is 0 Å². The van der Waals surface area contributed by atoms with E-state index in [0.29, 0.717) is 0 Å². The first-order valence-corrected chi connectivity index (χ1v) is 20.0. The lowest BCUT2D eigenvalue weighted by atomic mass is 9.76. The average Bonchev–Trinajstić information content (AvgIpc) is 3.91. The van der Waals surface area contributed by atoms with Gasteiger partial charge in [0, 0.05) is 27.9 Å². The summed E-state index contributed by atoms with van der Waals surface area (Å²) in [5.41, 5.74) is 19.9. The van der Waals surface area contributed by atoms with Gasteiger partial charge >= 0.3 is 0 Å². The molecule has 0 unspecified atom stereocenters. The number of rotatable bonds is 5. The summed E-state index contributed by atoms with van der Waals surface area (Å²) in [5, 5.41) is 2.53. The van der Waals surface area contributed by atoms with Crippen LogP contribution in [0.4, 0.5) is 17.1 Å². The van der Waals surface area contributed by atoms with Crippen LogP contribution < -0.4 is 4.90 Å². The van der Waals surface area contributed by atoms with Gasteiger partial charge in [-0.05, 0) is 127 Å². The topological polar surface area (TPSA) is 3.24 Å². The van der Waals surface area contributed by atoms with Crippen LogP contribution >= 0.6 is 0 Å². The van der Waals surface area contributed by atoms with Crippen LogP contribution in [0.25, 0.3) is 55.3 Å². The van der Waals surface area contributed by atoms with Crippen molar-refractivity contribution < 1.29 is 0 Å². The zero-order valence-electron chi connectivity index (χ0n) is 31.5. The normalized spacial score (nSPS) is 15.5. The number of nitrogens with zero attached hydrogens (tertiary/aromatic N) is 1. The first-order chi connectivity index (χ1) is 27.0. The molecule has 0 N–H and O–H groups in total. The van der Waals surface area contributed by atoms with Gasteiger partial charge in [-0.1, -0.05) is 166 Å². The van der Waals surface area contributed by atoms with Crippen molar-refractivity contribution in [2.45, 2.75) is 50.4 Å². The number of benzene rings is 8. The molecule has 1 fully saturated rings. The van der Waals surface area contributed by atoms with Gasteiger partial charge < -0.3 is 4.90 Å². The molecule has 1 nitrogen and oxygen atoms in total. The molecule has 264 valence electrons. The number of hydrogen-bond donors (Lipinski definition) is 0. The highest BCUT2D eigenvalue weighted by molar-refractivity contribution is 5.98. The Hall–Kier alpha value is -6.18. The summed E-state index contributed by atoms with van der Waals surface area (Å²) in [6, 6.07) is 66.2. The lowest BCUT2D eigenvalue weighted by Crippen LogP contribution is -2.21. The van der Waals surface area contributed by atoms with Gasteiger partial charge in [0.15, 0.2) is 0 Å². The van der Waals surface area contributed by atoms with Crippen LogP contribution in [-0.4, -0.2) is 0 Å². The van der Waals surface area contributed by atoms with E-state index in [0.717, 1.165) is 11.4 Å². The largest absolute Gasteiger partial charge is 0.310 e. The minimum atomic E-state index is -0.102. The van der Waals surface area contributed by atoms with Crippen LogP contribution in [0.5, 0.6) is 0 Å². The monoisotopic (exact) mass is 705 g/mol. The summed E-state index contributed by atoms with van der Waals surface area (Å²) in [5.74, 6) is 0. The summed E-state index contributed by atoms with van der Waals surface area (Å²) in [6.07, 6.45) is 4.98. The molecule has 1 heteroatoms. The van der Waals surface area contributed by atoms with Crippen LogP contribution in [0, 0.1) is 0 Å². The van der Waals surface area contributed by atoms with Crippen molar-refractivity contribution in [1.82, 2.24) is 0 Å². The third-order valence-corrected chi connectivity index (χ3v) is 13.2. The Morgan fingerprint density at radius 1 is 0.400 bits per heavy atom. The molecule has 0 aliphatic heterocycles. The van der Waals surface area contributed by atoms with Crippen LogP contribution in [0.3, 0.4) is 0 Å². The molecule has 8 aromatic carbocycles. The molecular formula is C54H43N. The smallest absolute Gasteiger partial charge is 0.0467 e. The van der Waals surface area contributed by atoms with Crippen molar-refractivity contribution >= 4 is 27.8 Å². The highest BCUT2D eigenvalue weighted by Gasteiger charge is 2.45. The summed E-state index contributed by atoms with van der Waals surface area (Å²) in [4.78, 5) is 2.51. The third kappa shape index (κ3) is 4.79. The highest BCUT2D eigenvalue weighted by Crippen LogP contribution is 2.58. The van der Waals surface area contributed by atoms with Crippen molar-refractivity contribution in [2.24, 2.45) is 0 Å². The van der Waals surface area contributed by atoms with E-state index in [-0.39, 0.29) is 10.8 Å². The zero-order valence-corrected chi connectivity index (χ0v) is 31.5. The second-order valence-corrected chi connectivity index (χ2v) is 16.4. The molecule has 0 bridgehead atoms. The van der Waals surface area contributed by atoms with Gasteiger partial charge in [-0.15, -0.1) is 0 Å². The maximum absolute atomic E-state index is 2.54. The summed E-state index contributed by atoms with van der Waals surface area (Å²) in [6.45, 7) is 4.77. The quantitative estimate of drug-likeness (QED) is 0.172. The van der Waals surface area contributed by atoms with Gasteiger partial charge in [0.1, 0.15) is 0 Å². The molecule has 11 rings (SSSR count). The predicted octanol–water partition coefficient (Wildman–Crippen LogP) is 14.8. The van der Waals surface area contributed by atoms with Gasteiger partial charge in [0.05, 0.1) is 0 Å². The molecule has 0 heterocycles. The summed E-state index contributed by atoms with van der Waals surface area (Å²) >= 11 is 0. The first kappa shape index (κ1) is 32.3. The lowest BCUT2D eigenvalue weighted by molar-refractivity contribution is 0.550. The fourth-order valence-corrected chi connectivity index (χ4v) is 10.7. The van der Waals surface area contributed by atoms with E-state index in [2.05, 4.69) is 195 Å². The second-order valence-electron chi connectivity index (χ2n) is 16.4. The van der Waals surface area contributed by atoms with E-state index in [1.807, 2.05) is 0 Å². The Bertz CT molecular complexity index is 2810. The molecular weight excluding hydrogens is 663 g/mol. The van der Waals surface area contributed by atoms with Crippen LogP contribution in [0.1, 0.15) is 61.8 Å². The molecule has 1 saturated carbocycles. The molecule has 8 aromatic rings. The van der Waals surface area contributed by atoms with E-state index >= 15 is 0 Å². The first-order valence-electron chi connectivity index (χ1n) is 20.0. The number of anilines is 3. The maximum atomic E-state index is 2.54. The molecule has 0 radical (unpaired) electrons. The SMILES string of the molecule is CC1(C)c2ccccc2-c2cccc(-c3cccc(N(c4cccc(-c5cccc6ccccc56)c4)c4ccc5c(c4)C4(CCCC4)c4ccccc4-5)c3)c21. The molecule has 3 aliphatic carbocycles. The Kier molecular flexibility index (Phi) is 7.14. The van der Waals surface area contributed by atoms with E-state index < -0.39 is 0 Å². The fourth-order valence-electron chi connectivity index (χ4n) is 10.7. The molecule has 3 aliphatic rings. The van der Waals surface area contributed by atoms with E-state index in [1.165, 1.54) is 109 Å². The van der Waals surface area contributed by atoms with Crippen molar-refractivity contribution in [3.05, 3.63) is 198 Å². The molecule has 1 spiro atoms. The Morgan fingerprint density at radius 2 is 0.927 bits per heavy atom. The second kappa shape index (κ2) is 12.2. The molecule has 0 aromatic heterocycles. The Morgan fingerprint density at radius 3 is 1.71 bits per heavy atom. The number of hydrogen-bond acceptors (Lipinski definition) is 1. The number of fused-ring (bicyclic) bond motifs is 9. The van der Waals surface area contributed by atoms with E-state index in [1.54, 1.807) is 0 Å². The van der Waals surface area contributed by atoms with Crippen molar-refractivity contribution in [3.8, 4) is 44.5 Å². The van der Waals surface area contributed by atoms with Crippen molar-refractivity contribution in [3.63, 3.8) is 0 Å². The van der Waals surface area contributed by atoms with Crippen molar-refractivity contribution in [1.29, 1.82) is 0 Å². The maximum Gasteiger partial charge on any atom is 0.0467 e. The Labute approximate surface area is 324 Å². The van der Waals surface area contributed by atoms with Gasteiger partial charge in [-0.2, -0.15) is 0 Å². The molecule has 0 amide bonds. The molecule has 0 atom stereocenters. The standard InChI is InChI=1S/C54H43N/c1-53(2)49-27-7-5-23-46(49)48-26-14-25-44(52(48)53)38-18-12-20-40(34-38)55(39-19-11-17-37(33-39)43-24-13-16-36-15-3-4-21-42(36)43)41-29-30-47-45-22-6-8-28-50(45)54(51(47)35-41)31-9-10-32-54/h3-8,11-30,33-35H,9-10,31-32H2,1-2H3. The lowest BCUT2D eigenvalue weighted by Gasteiger charge is -2.30. The van der Waals surface area contributed by atoms with Gasteiger partial charge in [-0.25, -0.2) is 0 Å². The average molecular weight is 706 g/mol. The highest BCUT2D eigenvalue weighted by atomic mass is 15.1. The van der Waals surface area contributed by atoms with Gasteiger partial charge in [0.2, 0.25) is 0 Å². The summed E-state index contributed by atoms with van der Waals surface area (Å²) < 4.78 is 0. The molecule has 0 saturated heterocycles. The van der Waals surface area contributed by atoms with Gasteiger partial charge in [-0.3, -0.25) is 0 Å². The minimum Gasteiger partial charge on any atom is -0.310 e. The fraction of sp³-hybridized carbons (Fsp3) is 0.148. The molecule has 55 heavy (non-hydrogen) atoms. The van der Waals surface area contributed by atoms with Crippen LogP contribution in [0.2, 0.25) is 0 Å². The summed E-state index contributed by atoms with van der Waals surface area (Å²) in [7, 11) is 0. The predicted molar refractivity (Wildman–Crippen MR) is 232 cm³/mol. The third-order valence-electron chi connectivity index (χ3n) is 13.2. The van der Waals surface area contributed by atoms with Crippen LogP contribution in [0.15, 0.2) is 176 Å². The van der Waals surface area contributed by atoms with Gasteiger partial charge in [0.25, 0.3) is 0 Å². The van der Waals surface area contributed by atoms with E-state index in [4.69, 9.17) is 0 Å². The van der Waals surface area contributed by atoms with Crippen LogP contribution in [-0.2, 0) is 10.8 Å².